The van der Waals surface area contributed by atoms with Gasteiger partial charge in [0, 0.05) is 30.5 Å². The van der Waals surface area contributed by atoms with E-state index in [4.69, 9.17) is 19.8 Å². The molecule has 6 heteroatoms. The van der Waals surface area contributed by atoms with E-state index in [0.717, 1.165) is 13.8 Å². The van der Waals surface area contributed by atoms with Crippen LogP contribution in [0.15, 0.2) is 0 Å². The maximum atomic E-state index is 8.89. The third kappa shape index (κ3) is 1180. The minimum absolute atomic E-state index is 0. The molecule has 0 rings (SSSR count). The molecule has 0 saturated heterocycles. The second-order valence-corrected chi connectivity index (χ2v) is 0.983. The SMILES string of the molecule is CC(=O)[O-].CC(=O)[O-].[OH-].[V]. The van der Waals surface area contributed by atoms with E-state index < -0.39 is 11.9 Å². The molecule has 0 aliphatic heterocycles. The maximum Gasteiger partial charge on any atom is 0.0383 e. The van der Waals surface area contributed by atoms with Crippen molar-refractivity contribution in [1.29, 1.82) is 0 Å². The van der Waals surface area contributed by atoms with Gasteiger partial charge in [-0.1, -0.05) is 0 Å². The first-order chi connectivity index (χ1) is 3.46. The quantitative estimate of drug-likeness (QED) is 0.409. The number of carboxylic acid groups (broad SMARTS) is 2. The zero-order valence-electron chi connectivity index (χ0n) is 5.53. The largest absolute Gasteiger partial charge is 0.870 e. The molecule has 10 heavy (non-hydrogen) atoms. The molecular weight excluding hydrogens is 179 g/mol. The Hall–Kier alpha value is -0.516. The standard InChI is InChI=1S/2C2H4O2.H2O.V/c2*1-2(3)4;;/h2*1H3,(H,3,4);1H2;/p-3. The average molecular weight is 186 g/mol. The molecule has 0 unspecified atom stereocenters. The Bertz CT molecular complexity index is 71.6. The third-order valence-electron chi connectivity index (χ3n) is 0. The van der Waals surface area contributed by atoms with Gasteiger partial charge in [0.15, 0.2) is 0 Å². The fourth-order valence-corrected chi connectivity index (χ4v) is 0. The van der Waals surface area contributed by atoms with Crippen molar-refractivity contribution in [3.05, 3.63) is 0 Å². The average Bonchev–Trinajstić information content (AvgIpc) is 1.25. The summed E-state index contributed by atoms with van der Waals surface area (Å²) in [6, 6.07) is 0. The first-order valence-corrected chi connectivity index (χ1v) is 1.82. The van der Waals surface area contributed by atoms with Crippen LogP contribution in [0.2, 0.25) is 0 Å². The molecule has 0 saturated carbocycles. The molecule has 0 atom stereocenters. The molecule has 0 bridgehead atoms. The fourth-order valence-electron chi connectivity index (χ4n) is 0. The van der Waals surface area contributed by atoms with Crippen molar-refractivity contribution in [1.82, 2.24) is 0 Å². The van der Waals surface area contributed by atoms with E-state index in [9.17, 15) is 0 Å². The van der Waals surface area contributed by atoms with Crippen LogP contribution in [-0.2, 0) is 28.1 Å². The Kier molecular flexibility index (Phi) is 35.9. The minimum atomic E-state index is -1.08. The number of carbonyl (C=O) groups excluding carboxylic acids is 2. The summed E-state index contributed by atoms with van der Waals surface area (Å²) in [5.41, 5.74) is 0. The van der Waals surface area contributed by atoms with Gasteiger partial charge in [-0.25, -0.2) is 0 Å². The summed E-state index contributed by atoms with van der Waals surface area (Å²) in [6.07, 6.45) is 0. The predicted molar refractivity (Wildman–Crippen MR) is 23.3 cm³/mol. The molecule has 0 aromatic carbocycles. The summed E-state index contributed by atoms with van der Waals surface area (Å²) in [5, 5.41) is 17.8. The van der Waals surface area contributed by atoms with Crippen molar-refractivity contribution < 1.29 is 43.8 Å². The molecule has 0 aliphatic carbocycles. The van der Waals surface area contributed by atoms with Gasteiger partial charge in [-0.2, -0.15) is 0 Å². The predicted octanol–water partition coefficient (Wildman–Crippen LogP) is -2.67. The second kappa shape index (κ2) is 15.8. The fraction of sp³-hybridized carbons (Fsp3) is 0.500. The Morgan fingerprint density at radius 1 is 1.00 bits per heavy atom. The molecule has 0 amide bonds. The van der Waals surface area contributed by atoms with Crippen molar-refractivity contribution in [2.45, 2.75) is 13.8 Å². The molecule has 0 aliphatic rings. The van der Waals surface area contributed by atoms with E-state index in [2.05, 4.69) is 0 Å². The molecule has 0 heterocycles. The van der Waals surface area contributed by atoms with Crippen LogP contribution >= 0.6 is 0 Å². The summed E-state index contributed by atoms with van der Waals surface area (Å²) in [5.74, 6) is -2.17. The number of hydrogen-bond donors (Lipinski definition) is 0. The smallest absolute Gasteiger partial charge is 0.0383 e. The summed E-state index contributed by atoms with van der Waals surface area (Å²) in [4.78, 5) is 17.8. The van der Waals surface area contributed by atoms with Crippen LogP contribution in [0, 0.1) is 0 Å². The van der Waals surface area contributed by atoms with E-state index in [0.29, 0.717) is 0 Å². The van der Waals surface area contributed by atoms with E-state index in [1.54, 1.807) is 0 Å². The van der Waals surface area contributed by atoms with Crippen LogP contribution < -0.4 is 10.2 Å². The van der Waals surface area contributed by atoms with E-state index in [-0.39, 0.29) is 24.0 Å². The van der Waals surface area contributed by atoms with Crippen molar-refractivity contribution in [3.63, 3.8) is 0 Å². The van der Waals surface area contributed by atoms with Crippen LogP contribution in [0.4, 0.5) is 0 Å². The van der Waals surface area contributed by atoms with Gasteiger partial charge in [0.05, 0.1) is 0 Å². The van der Waals surface area contributed by atoms with Crippen molar-refractivity contribution >= 4 is 11.9 Å². The first-order valence-electron chi connectivity index (χ1n) is 1.82. The summed E-state index contributed by atoms with van der Waals surface area (Å²) >= 11 is 0. The van der Waals surface area contributed by atoms with E-state index in [1.807, 2.05) is 0 Å². The Morgan fingerprint density at radius 3 is 1.00 bits per heavy atom. The molecular formula is C4H7O5V-3. The van der Waals surface area contributed by atoms with E-state index >= 15 is 0 Å². The first kappa shape index (κ1) is 22.7. The monoisotopic (exact) mass is 186 g/mol. The third-order valence-corrected chi connectivity index (χ3v) is 0. The molecule has 0 aromatic heterocycles. The number of rotatable bonds is 0. The van der Waals surface area contributed by atoms with Gasteiger partial charge in [-0.15, -0.1) is 0 Å². The molecule has 0 spiro atoms. The van der Waals surface area contributed by atoms with Gasteiger partial charge in [-0.05, 0) is 13.8 Å². The number of carboxylic acids is 2. The molecule has 0 aromatic rings. The van der Waals surface area contributed by atoms with Crippen LogP contribution in [0.5, 0.6) is 0 Å². The van der Waals surface area contributed by atoms with Gasteiger partial charge in [0.2, 0.25) is 0 Å². The number of carbonyl (C=O) groups is 2. The summed E-state index contributed by atoms with van der Waals surface area (Å²) in [6.45, 7) is 1.94. The van der Waals surface area contributed by atoms with Crippen LogP contribution in [0.1, 0.15) is 13.8 Å². The molecule has 5 nitrogen and oxygen atoms in total. The molecule has 0 fully saturated rings. The topological polar surface area (TPSA) is 110 Å². The van der Waals surface area contributed by atoms with E-state index in [1.165, 1.54) is 0 Å². The Morgan fingerprint density at radius 2 is 1.00 bits per heavy atom. The molecule has 1 N–H and O–H groups in total. The number of hydrogen-bond acceptors (Lipinski definition) is 5. The summed E-state index contributed by atoms with van der Waals surface area (Å²) in [7, 11) is 0. The summed E-state index contributed by atoms with van der Waals surface area (Å²) < 4.78 is 0. The van der Waals surface area contributed by atoms with Gasteiger partial charge in [0.25, 0.3) is 0 Å². The van der Waals surface area contributed by atoms with Gasteiger partial charge in [0.1, 0.15) is 0 Å². The van der Waals surface area contributed by atoms with Gasteiger partial charge >= 0.3 is 0 Å². The maximum absolute atomic E-state index is 8.89. The van der Waals surface area contributed by atoms with Crippen LogP contribution in [0.25, 0.3) is 0 Å². The van der Waals surface area contributed by atoms with Crippen LogP contribution in [-0.4, -0.2) is 17.4 Å². The van der Waals surface area contributed by atoms with Crippen molar-refractivity contribution in [3.8, 4) is 0 Å². The minimum Gasteiger partial charge on any atom is -0.870 e. The van der Waals surface area contributed by atoms with Crippen molar-refractivity contribution in [2.24, 2.45) is 0 Å². The second-order valence-electron chi connectivity index (χ2n) is 0.983. The normalized spacial score (nSPS) is 5.00. The van der Waals surface area contributed by atoms with Crippen molar-refractivity contribution in [2.75, 3.05) is 0 Å². The van der Waals surface area contributed by atoms with Gasteiger partial charge in [-0.3, -0.25) is 0 Å². The van der Waals surface area contributed by atoms with Crippen LogP contribution in [0.3, 0.4) is 0 Å². The molecule has 1 radical (unpaired) electrons. The zero-order chi connectivity index (χ0) is 7.15. The Balaban J connectivity index is -0.0000000300. The zero-order valence-corrected chi connectivity index (χ0v) is 6.92. The Labute approximate surface area is 70.2 Å². The molecule has 61 valence electrons. The number of aliphatic carboxylic acids is 2. The van der Waals surface area contributed by atoms with Gasteiger partial charge < -0.3 is 25.3 Å².